The zero-order valence-corrected chi connectivity index (χ0v) is 73.7. The molecule has 0 aromatic heterocycles. The molecule has 0 aliphatic carbocycles. The van der Waals surface area contributed by atoms with Crippen LogP contribution in [-0.2, 0) is 0 Å². The van der Waals surface area contributed by atoms with Gasteiger partial charge in [0.2, 0.25) is 0 Å². The Balaban J connectivity index is 0.691. The first-order chi connectivity index (χ1) is 63.9. The summed E-state index contributed by atoms with van der Waals surface area (Å²) in [5.41, 5.74) is 37.4. The maximum absolute atomic E-state index is 4.17. The molecule has 0 aliphatic rings. The average Bonchev–Trinajstić information content (AvgIpc) is 0.726. The molecule has 0 heterocycles. The van der Waals surface area contributed by atoms with Crippen molar-refractivity contribution in [2.45, 2.75) is 0 Å². The molecule has 129 heavy (non-hydrogen) atoms. The Morgan fingerprint density at radius 1 is 0.109 bits per heavy atom. The summed E-state index contributed by atoms with van der Waals surface area (Å²) >= 11 is -4.17. The van der Waals surface area contributed by atoms with Crippen molar-refractivity contribution in [2.24, 2.45) is 0 Å². The molecule has 0 spiro atoms. The molecule has 0 saturated heterocycles. The van der Waals surface area contributed by atoms with Crippen LogP contribution < -0.4 is 17.6 Å². The first-order valence-corrected chi connectivity index (χ1v) is 48.6. The van der Waals surface area contributed by atoms with Crippen LogP contribution in [0.25, 0.3) is 136 Å². The number of hydrogen-bond acceptors (Lipinski definition) is 0. The third-order valence-electron chi connectivity index (χ3n) is 25.0. The number of rotatable bonds is 24. The molecule has 0 N–H and O–H groups in total. The topological polar surface area (TPSA) is 0 Å². The second kappa shape index (κ2) is 38.2. The molecule has 0 unspecified atom stereocenters. The molecule has 20 aromatic carbocycles. The van der Waals surface area contributed by atoms with Crippen molar-refractivity contribution in [3.63, 3.8) is 0 Å². The van der Waals surface area contributed by atoms with Gasteiger partial charge >= 0.3 is 528 Å². The van der Waals surface area contributed by atoms with E-state index in [4.69, 9.17) is 0 Å². The van der Waals surface area contributed by atoms with Crippen molar-refractivity contribution >= 4 is 77.4 Å². The van der Waals surface area contributed by atoms with Crippen LogP contribution in [0.2, 0.25) is 0 Å². The van der Waals surface area contributed by atoms with E-state index in [1.165, 1.54) is 107 Å². The molecule has 20 rings (SSSR count). The molecule has 0 nitrogen and oxygen atoms in total. The van der Waals surface area contributed by atoms with Crippen LogP contribution in [0.5, 0.6) is 0 Å². The van der Waals surface area contributed by atoms with Gasteiger partial charge in [0, 0.05) is 0 Å². The van der Waals surface area contributed by atoms with Crippen molar-refractivity contribution in [2.75, 3.05) is 0 Å². The van der Waals surface area contributed by atoms with Crippen molar-refractivity contribution < 1.29 is 0 Å². The van der Waals surface area contributed by atoms with Gasteiger partial charge in [0.05, 0.1) is 0 Å². The number of benzene rings is 20. The van der Waals surface area contributed by atoms with Crippen LogP contribution in [0, 0.1) is 0 Å². The number of hydrogen-bond donors (Lipinski definition) is 0. The molecule has 0 radical (unpaired) electrons. The van der Waals surface area contributed by atoms with Crippen LogP contribution in [0.4, 0.5) is 0 Å². The van der Waals surface area contributed by atoms with Gasteiger partial charge in [-0.3, -0.25) is 0 Å². The maximum atomic E-state index is 2.46. The van der Waals surface area contributed by atoms with Gasteiger partial charge in [-0.1, -0.05) is 194 Å². The fourth-order valence-corrected chi connectivity index (χ4v) is 27.9. The minimum absolute atomic E-state index is 1.15. The third kappa shape index (κ3) is 18.3. The molecular formula is C128H92Ge. The van der Waals surface area contributed by atoms with E-state index in [0.717, 1.165) is 89.0 Å². The Kier molecular flexibility index (Phi) is 24.0. The Morgan fingerprint density at radius 3 is 0.380 bits per heavy atom. The summed E-state index contributed by atoms with van der Waals surface area (Å²) in [6.45, 7) is 0. The van der Waals surface area contributed by atoms with Gasteiger partial charge in [-0.25, -0.2) is 0 Å². The summed E-state index contributed by atoms with van der Waals surface area (Å²) in [6.07, 6.45) is 9.29. The first-order valence-electron chi connectivity index (χ1n) is 44.5. The normalized spacial score (nSPS) is 11.9. The molecule has 0 saturated carbocycles. The van der Waals surface area contributed by atoms with E-state index in [9.17, 15) is 0 Å². The fraction of sp³-hybridized carbons (Fsp3) is 0. The van der Waals surface area contributed by atoms with Gasteiger partial charge in [-0.2, -0.15) is 0 Å². The molecular weight excluding hydrogens is 1610 g/mol. The van der Waals surface area contributed by atoms with Crippen molar-refractivity contribution in [3.05, 3.63) is 601 Å². The summed E-state index contributed by atoms with van der Waals surface area (Å²) in [5.74, 6) is 0. The predicted octanol–water partition coefficient (Wildman–Crippen LogP) is 30.8. The van der Waals surface area contributed by atoms with E-state index in [0.29, 0.717) is 0 Å². The van der Waals surface area contributed by atoms with Gasteiger partial charge in [-0.05, 0) is 44.5 Å². The molecule has 0 fully saturated rings. The van der Waals surface area contributed by atoms with E-state index in [2.05, 4.69) is 558 Å². The van der Waals surface area contributed by atoms with Crippen molar-refractivity contribution in [3.8, 4) is 89.0 Å². The van der Waals surface area contributed by atoms with Crippen molar-refractivity contribution in [1.29, 1.82) is 0 Å². The predicted molar refractivity (Wildman–Crippen MR) is 553 cm³/mol. The molecule has 608 valence electrons. The fourth-order valence-electron chi connectivity index (χ4n) is 18.1. The Morgan fingerprint density at radius 2 is 0.225 bits per heavy atom. The minimum Gasteiger partial charge on any atom is -0.0622 e. The Labute approximate surface area is 761 Å². The van der Waals surface area contributed by atoms with Crippen LogP contribution in [0.3, 0.4) is 0 Å². The van der Waals surface area contributed by atoms with E-state index < -0.39 is 13.3 Å². The summed E-state index contributed by atoms with van der Waals surface area (Å²) in [4.78, 5) is 0. The van der Waals surface area contributed by atoms with E-state index >= 15 is 0 Å². The molecule has 1 heteroatoms. The SMILES string of the molecule is C(=C(/c1ccccc1)c1ccc(-c2cc[c]([Ge]([c]3ccc(-c4ccc(/C(=C/c5ccc(-c6ccccc6)cc5)c5ccccc5)cc4)cc3)([c]3ccc(-c4ccc(/C(=C/c5ccc(-c6ccccc6)cc5)c5ccccc5)cc4)cc3)[c]3ccc(-c4ccc(/C(=C/c5ccc(-c6ccccc6)cc5)c5ccccc5)cc4)cc3)cc2)cc1)/c1ccc(-c2ccccc2)cc1. The zero-order valence-electron chi connectivity index (χ0n) is 71.6. The molecule has 0 atom stereocenters. The summed E-state index contributed by atoms with van der Waals surface area (Å²) in [7, 11) is 0. The third-order valence-corrected chi connectivity index (χ3v) is 35.1. The zero-order chi connectivity index (χ0) is 86.3. The van der Waals surface area contributed by atoms with Crippen LogP contribution in [0.15, 0.2) is 534 Å². The molecule has 20 aromatic rings. The average molecular weight is 1700 g/mol. The van der Waals surface area contributed by atoms with Crippen LogP contribution >= 0.6 is 0 Å². The Hall–Kier alpha value is -16.1. The molecule has 0 amide bonds. The van der Waals surface area contributed by atoms with E-state index in [1.807, 2.05) is 0 Å². The van der Waals surface area contributed by atoms with Gasteiger partial charge in [0.1, 0.15) is 0 Å². The minimum atomic E-state index is -4.17. The van der Waals surface area contributed by atoms with Crippen LogP contribution in [-0.4, -0.2) is 13.3 Å². The van der Waals surface area contributed by atoms with E-state index in [-0.39, 0.29) is 0 Å². The summed E-state index contributed by atoms with van der Waals surface area (Å²) < 4.78 is 5.31. The standard InChI is InChI=1S/C128H92Ge/c1-9-25-97(26-10-1)101-49-41-93(42-50-101)89-125(113-33-17-5-18-34-113)117-65-57-105(58-66-117)109-73-81-121(82-74-109)129(122-83-75-110(76-84-122)106-59-67-118(68-60-106)126(114-35-19-6-20-36-114)90-94-43-51-102(52-44-94)98-27-11-2-12-28-98,123-85-77-111(78-86-123)107-61-69-119(70-62-107)127(115-37-21-7-22-38-115)91-95-45-53-103(54-46-95)99-29-13-3-14-30-99)124-87-79-112(80-88-124)108-63-71-120(72-64-108)128(116-39-23-8-24-40-116)92-96-47-55-104(56-48-96)100-31-15-4-16-32-100/h1-92H/b125-89+,126-90+,127-91+,128-92+. The Bertz CT molecular complexity index is 6370. The van der Waals surface area contributed by atoms with Gasteiger partial charge < -0.3 is 0 Å². The monoisotopic (exact) mass is 1700 g/mol. The van der Waals surface area contributed by atoms with Gasteiger partial charge in [0.25, 0.3) is 0 Å². The second-order valence-electron chi connectivity index (χ2n) is 33.0. The van der Waals surface area contributed by atoms with Crippen molar-refractivity contribution in [1.82, 2.24) is 0 Å². The molecule has 0 aliphatic heterocycles. The van der Waals surface area contributed by atoms with Crippen LogP contribution in [0.1, 0.15) is 66.8 Å². The van der Waals surface area contributed by atoms with Gasteiger partial charge in [-0.15, -0.1) is 0 Å². The molecule has 0 bridgehead atoms. The summed E-state index contributed by atoms with van der Waals surface area (Å²) in [5, 5.41) is 0. The second-order valence-corrected chi connectivity index (χ2v) is 41.0. The first kappa shape index (κ1) is 81.3. The quantitative estimate of drug-likeness (QED) is 0.0418. The van der Waals surface area contributed by atoms with E-state index in [1.54, 1.807) is 0 Å². The smallest absolute Gasteiger partial charge is 0.0622 e. The summed E-state index contributed by atoms with van der Waals surface area (Å²) in [6, 6.07) is 197. The van der Waals surface area contributed by atoms with Gasteiger partial charge in [0.15, 0.2) is 0 Å².